The van der Waals surface area contributed by atoms with Crippen molar-refractivity contribution in [3.8, 4) is 17.2 Å². The van der Waals surface area contributed by atoms with Crippen molar-refractivity contribution < 1.29 is 23.7 Å². The van der Waals surface area contributed by atoms with Gasteiger partial charge in [-0.05, 0) is 49.4 Å². The van der Waals surface area contributed by atoms with Gasteiger partial charge in [-0.25, -0.2) is 0 Å². The lowest BCUT2D eigenvalue weighted by Gasteiger charge is -2.11. The molecule has 3 aromatic rings. The highest BCUT2D eigenvalue weighted by atomic mass is 16.5. The number of nitrogens with one attached hydrogen (secondary N) is 1. The maximum absolute atomic E-state index is 12.6. The van der Waals surface area contributed by atoms with E-state index in [4.69, 9.17) is 18.9 Å². The third kappa shape index (κ3) is 7.68. The highest BCUT2D eigenvalue weighted by molar-refractivity contribution is 6.04. The third-order valence-corrected chi connectivity index (χ3v) is 4.25. The molecule has 0 radical (unpaired) electrons. The zero-order valence-corrected chi connectivity index (χ0v) is 17.6. The number of ether oxygens (including phenoxy) is 4. The molecule has 0 heterocycles. The molecule has 0 aliphatic heterocycles. The first-order valence-corrected chi connectivity index (χ1v) is 10.3. The molecular weight excluding hydrogens is 394 g/mol. The minimum absolute atomic E-state index is 0.225. The Hall–Kier alpha value is -3.51. The van der Waals surface area contributed by atoms with Crippen molar-refractivity contribution in [2.75, 3.05) is 38.4 Å². The molecule has 0 saturated heterocycles. The van der Waals surface area contributed by atoms with Gasteiger partial charge in [0.15, 0.2) is 0 Å². The van der Waals surface area contributed by atoms with Gasteiger partial charge in [0.25, 0.3) is 5.91 Å². The van der Waals surface area contributed by atoms with Crippen molar-refractivity contribution in [1.82, 2.24) is 0 Å². The van der Waals surface area contributed by atoms with E-state index in [-0.39, 0.29) is 5.91 Å². The number of rotatable bonds is 12. The number of amides is 1. The van der Waals surface area contributed by atoms with Gasteiger partial charge >= 0.3 is 0 Å². The minimum atomic E-state index is -0.225. The Morgan fingerprint density at radius 1 is 0.710 bits per heavy atom. The summed E-state index contributed by atoms with van der Waals surface area (Å²) in [4.78, 5) is 12.6. The van der Waals surface area contributed by atoms with Crippen LogP contribution < -0.4 is 19.5 Å². The quantitative estimate of drug-likeness (QED) is 0.425. The normalized spacial score (nSPS) is 10.4. The van der Waals surface area contributed by atoms with Crippen LogP contribution in [0.1, 0.15) is 17.3 Å². The molecule has 162 valence electrons. The summed E-state index contributed by atoms with van der Waals surface area (Å²) in [7, 11) is 0. The molecule has 0 fully saturated rings. The number of hydrogen-bond donors (Lipinski definition) is 1. The molecule has 0 aliphatic rings. The Morgan fingerprint density at radius 2 is 1.32 bits per heavy atom. The molecule has 0 unspecified atom stereocenters. The predicted octanol–water partition coefficient (Wildman–Crippen LogP) is 4.81. The lowest BCUT2D eigenvalue weighted by Crippen LogP contribution is -2.13. The fourth-order valence-corrected chi connectivity index (χ4v) is 2.79. The molecule has 3 rings (SSSR count). The predicted molar refractivity (Wildman–Crippen MR) is 120 cm³/mol. The average Bonchev–Trinajstić information content (AvgIpc) is 2.81. The van der Waals surface area contributed by atoms with Gasteiger partial charge in [0.05, 0.1) is 6.61 Å². The molecular formula is C25H27NO5. The van der Waals surface area contributed by atoms with Gasteiger partial charge in [-0.3, -0.25) is 4.79 Å². The zero-order valence-electron chi connectivity index (χ0n) is 17.6. The summed E-state index contributed by atoms with van der Waals surface area (Å²) in [5, 5.41) is 2.89. The molecule has 0 aliphatic carbocycles. The number of benzene rings is 3. The van der Waals surface area contributed by atoms with Gasteiger partial charge in [0.1, 0.15) is 37.1 Å². The Balaban J connectivity index is 1.49. The summed E-state index contributed by atoms with van der Waals surface area (Å²) in [6.07, 6.45) is 0. The first kappa shape index (κ1) is 22.2. The zero-order chi connectivity index (χ0) is 21.7. The Labute approximate surface area is 182 Å². The molecule has 6 nitrogen and oxygen atoms in total. The Kier molecular flexibility index (Phi) is 8.76. The first-order valence-electron chi connectivity index (χ1n) is 10.3. The smallest absolute Gasteiger partial charge is 0.255 e. The highest BCUT2D eigenvalue weighted by Crippen LogP contribution is 2.19. The lowest BCUT2D eigenvalue weighted by molar-refractivity contribution is 0.102. The van der Waals surface area contributed by atoms with Crippen LogP contribution in [0.2, 0.25) is 0 Å². The Morgan fingerprint density at radius 3 is 2.06 bits per heavy atom. The third-order valence-electron chi connectivity index (χ3n) is 4.25. The van der Waals surface area contributed by atoms with Crippen LogP contribution in [0.4, 0.5) is 5.69 Å². The van der Waals surface area contributed by atoms with E-state index in [0.717, 1.165) is 5.75 Å². The molecule has 0 spiro atoms. The molecule has 1 amide bonds. The maximum atomic E-state index is 12.6. The van der Waals surface area contributed by atoms with Gasteiger partial charge in [-0.15, -0.1) is 0 Å². The number of anilines is 1. The van der Waals surface area contributed by atoms with Crippen LogP contribution in [0.25, 0.3) is 0 Å². The second-order valence-corrected chi connectivity index (χ2v) is 6.57. The van der Waals surface area contributed by atoms with Crippen LogP contribution in [-0.4, -0.2) is 38.9 Å². The summed E-state index contributed by atoms with van der Waals surface area (Å²) >= 11 is 0. The topological polar surface area (TPSA) is 66.0 Å². The fourth-order valence-electron chi connectivity index (χ4n) is 2.79. The summed E-state index contributed by atoms with van der Waals surface area (Å²) in [5.41, 5.74) is 1.16. The summed E-state index contributed by atoms with van der Waals surface area (Å²) in [5.74, 6) is 1.85. The maximum Gasteiger partial charge on any atom is 0.255 e. The molecule has 0 atom stereocenters. The molecule has 31 heavy (non-hydrogen) atoms. The average molecular weight is 421 g/mol. The van der Waals surface area contributed by atoms with Crippen molar-refractivity contribution in [1.29, 1.82) is 0 Å². The van der Waals surface area contributed by atoms with E-state index < -0.39 is 0 Å². The van der Waals surface area contributed by atoms with Crippen molar-refractivity contribution in [2.24, 2.45) is 0 Å². The van der Waals surface area contributed by atoms with E-state index in [1.165, 1.54) is 0 Å². The second-order valence-electron chi connectivity index (χ2n) is 6.57. The van der Waals surface area contributed by atoms with Gasteiger partial charge in [0.2, 0.25) is 0 Å². The number of hydrogen-bond acceptors (Lipinski definition) is 5. The molecule has 0 bridgehead atoms. The minimum Gasteiger partial charge on any atom is -0.491 e. The summed E-state index contributed by atoms with van der Waals surface area (Å²) in [6.45, 7) is 4.36. The molecule has 1 N–H and O–H groups in total. The van der Waals surface area contributed by atoms with E-state index in [2.05, 4.69) is 5.32 Å². The van der Waals surface area contributed by atoms with Crippen LogP contribution in [0.5, 0.6) is 17.2 Å². The van der Waals surface area contributed by atoms with Gasteiger partial charge < -0.3 is 24.3 Å². The second kappa shape index (κ2) is 12.2. The number of carbonyl (C=O) groups excluding carboxylic acids is 1. The van der Waals surface area contributed by atoms with Crippen LogP contribution in [0.15, 0.2) is 78.9 Å². The highest BCUT2D eigenvalue weighted by Gasteiger charge is 2.08. The Bertz CT molecular complexity index is 945. The molecule has 0 saturated carbocycles. The van der Waals surface area contributed by atoms with Gasteiger partial charge in [-0.1, -0.05) is 30.3 Å². The van der Waals surface area contributed by atoms with Crippen LogP contribution >= 0.6 is 0 Å². The summed E-state index contributed by atoms with van der Waals surface area (Å²) < 4.78 is 22.2. The summed E-state index contributed by atoms with van der Waals surface area (Å²) in [6, 6.07) is 23.9. The standard InChI is InChI=1S/C25H27NO5/c1-2-28-14-15-30-24-13-7-9-21(19-24)26-25(27)20-8-6-12-23(18-20)31-17-16-29-22-10-4-3-5-11-22/h3-13,18-19H,2,14-17H2,1H3,(H,26,27). The van der Waals surface area contributed by atoms with E-state index in [0.29, 0.717) is 55.8 Å². The van der Waals surface area contributed by atoms with E-state index in [1.54, 1.807) is 24.3 Å². The van der Waals surface area contributed by atoms with E-state index in [1.807, 2.05) is 61.5 Å². The van der Waals surface area contributed by atoms with Gasteiger partial charge in [-0.2, -0.15) is 0 Å². The fraction of sp³-hybridized carbons (Fsp3) is 0.240. The SMILES string of the molecule is CCOCCOc1cccc(NC(=O)c2cccc(OCCOc3ccccc3)c2)c1. The monoisotopic (exact) mass is 421 g/mol. The lowest BCUT2D eigenvalue weighted by atomic mass is 10.2. The van der Waals surface area contributed by atoms with Crippen LogP contribution in [0.3, 0.4) is 0 Å². The van der Waals surface area contributed by atoms with Crippen LogP contribution in [-0.2, 0) is 4.74 Å². The molecule has 0 aromatic heterocycles. The first-order chi connectivity index (χ1) is 15.2. The van der Waals surface area contributed by atoms with Crippen LogP contribution in [0, 0.1) is 0 Å². The van der Waals surface area contributed by atoms with Crippen molar-refractivity contribution in [2.45, 2.75) is 6.92 Å². The van der Waals surface area contributed by atoms with Gasteiger partial charge in [0, 0.05) is 23.9 Å². The molecule has 6 heteroatoms. The number of para-hydroxylation sites is 1. The number of carbonyl (C=O) groups is 1. The van der Waals surface area contributed by atoms with Crippen molar-refractivity contribution in [3.63, 3.8) is 0 Å². The largest absolute Gasteiger partial charge is 0.491 e. The van der Waals surface area contributed by atoms with Crippen molar-refractivity contribution in [3.05, 3.63) is 84.4 Å². The molecule has 3 aromatic carbocycles. The van der Waals surface area contributed by atoms with E-state index in [9.17, 15) is 4.79 Å². The van der Waals surface area contributed by atoms with E-state index >= 15 is 0 Å². The van der Waals surface area contributed by atoms with Crippen molar-refractivity contribution >= 4 is 11.6 Å².